The van der Waals surface area contributed by atoms with Crippen LogP contribution in [0.25, 0.3) is 0 Å². The zero-order valence-corrected chi connectivity index (χ0v) is 15.4. The third-order valence-electron chi connectivity index (χ3n) is 4.95. The summed E-state index contributed by atoms with van der Waals surface area (Å²) in [4.78, 5) is 21.2. The second-order valence-corrected chi connectivity index (χ2v) is 7.25. The van der Waals surface area contributed by atoms with E-state index >= 15 is 0 Å². The molecule has 1 aliphatic heterocycles. The zero-order valence-electron chi connectivity index (χ0n) is 15.4. The van der Waals surface area contributed by atoms with Gasteiger partial charge in [0.1, 0.15) is 0 Å². The van der Waals surface area contributed by atoms with E-state index in [1.54, 1.807) is 6.20 Å². The first-order valence-corrected chi connectivity index (χ1v) is 9.00. The lowest BCUT2D eigenvalue weighted by atomic mass is 10.0. The molecular weight excluding hydrogens is 310 g/mol. The fourth-order valence-corrected chi connectivity index (χ4v) is 3.60. The summed E-state index contributed by atoms with van der Waals surface area (Å²) in [6.45, 7) is 3.06. The lowest BCUT2D eigenvalue weighted by Gasteiger charge is -2.25. The number of pyridine rings is 1. The minimum absolute atomic E-state index is 0.171. The molecule has 3 rings (SSSR count). The maximum absolute atomic E-state index is 12.9. The smallest absolute Gasteiger partial charge is 0.223 e. The Balaban J connectivity index is 1.67. The Labute approximate surface area is 150 Å². The van der Waals surface area contributed by atoms with E-state index in [0.717, 1.165) is 24.9 Å². The van der Waals surface area contributed by atoms with Crippen molar-refractivity contribution in [1.82, 2.24) is 9.88 Å². The molecule has 1 aromatic heterocycles. The normalized spacial score (nSPS) is 19.9. The highest BCUT2D eigenvalue weighted by atomic mass is 16.2. The number of carbonyl (C=O) groups is 1. The van der Waals surface area contributed by atoms with Crippen molar-refractivity contribution in [2.24, 2.45) is 5.92 Å². The molecule has 1 aliphatic rings. The Morgan fingerprint density at radius 3 is 2.84 bits per heavy atom. The number of likely N-dealkylation sites (tertiary alicyclic amines) is 1. The molecule has 25 heavy (non-hydrogen) atoms. The molecule has 1 amide bonds. The minimum Gasteiger partial charge on any atom is -0.378 e. The molecule has 0 spiro atoms. The first-order chi connectivity index (χ1) is 12.0. The highest BCUT2D eigenvalue weighted by Gasteiger charge is 2.33. The lowest BCUT2D eigenvalue weighted by molar-refractivity contribution is -0.132. The summed E-state index contributed by atoms with van der Waals surface area (Å²) in [6.07, 6.45) is 6.04. The number of carbonyl (C=O) groups excluding carboxylic acids is 1. The number of hydrogen-bond acceptors (Lipinski definition) is 3. The zero-order chi connectivity index (χ0) is 17.8. The van der Waals surface area contributed by atoms with Crippen molar-refractivity contribution in [2.45, 2.75) is 32.2 Å². The molecule has 2 atom stereocenters. The summed E-state index contributed by atoms with van der Waals surface area (Å²) < 4.78 is 0. The first-order valence-electron chi connectivity index (χ1n) is 9.00. The molecular formula is C21H27N3O. The number of benzene rings is 1. The molecule has 0 saturated carbocycles. The van der Waals surface area contributed by atoms with Crippen LogP contribution in [0.2, 0.25) is 0 Å². The summed E-state index contributed by atoms with van der Waals surface area (Å²) in [5.74, 6) is 0.777. The number of aromatic nitrogens is 1. The average Bonchev–Trinajstić information content (AvgIpc) is 3.02. The highest BCUT2D eigenvalue weighted by Crippen LogP contribution is 2.35. The van der Waals surface area contributed by atoms with Crippen molar-refractivity contribution >= 4 is 11.6 Å². The molecule has 0 unspecified atom stereocenters. The van der Waals surface area contributed by atoms with Crippen LogP contribution < -0.4 is 4.90 Å². The molecule has 1 fully saturated rings. The third-order valence-corrected chi connectivity index (χ3v) is 4.95. The van der Waals surface area contributed by atoms with Gasteiger partial charge in [0.15, 0.2) is 0 Å². The number of hydrogen-bond donors (Lipinski definition) is 0. The molecule has 0 bridgehead atoms. The van der Waals surface area contributed by atoms with Crippen LogP contribution in [0.1, 0.15) is 36.9 Å². The van der Waals surface area contributed by atoms with Gasteiger partial charge in [0.25, 0.3) is 0 Å². The van der Waals surface area contributed by atoms with Gasteiger partial charge in [-0.2, -0.15) is 0 Å². The second-order valence-electron chi connectivity index (χ2n) is 7.25. The topological polar surface area (TPSA) is 36.4 Å². The number of aryl methyl sites for hydroxylation is 1. The predicted octanol–water partition coefficient (Wildman–Crippen LogP) is 3.69. The maximum atomic E-state index is 12.9. The van der Waals surface area contributed by atoms with E-state index in [9.17, 15) is 4.79 Å². The van der Waals surface area contributed by atoms with E-state index < -0.39 is 0 Å². The van der Waals surface area contributed by atoms with E-state index in [2.05, 4.69) is 52.0 Å². The van der Waals surface area contributed by atoms with Crippen LogP contribution in [0.5, 0.6) is 0 Å². The van der Waals surface area contributed by atoms with E-state index in [1.165, 1.54) is 11.3 Å². The Kier molecular flexibility index (Phi) is 5.37. The Bertz CT molecular complexity index is 714. The van der Waals surface area contributed by atoms with Gasteiger partial charge in [-0.25, -0.2) is 0 Å². The van der Waals surface area contributed by atoms with Crippen LogP contribution in [0, 0.1) is 5.92 Å². The highest BCUT2D eigenvalue weighted by molar-refractivity contribution is 5.77. The van der Waals surface area contributed by atoms with Crippen LogP contribution in [-0.4, -0.2) is 36.4 Å². The van der Waals surface area contributed by atoms with Gasteiger partial charge in [0.2, 0.25) is 5.91 Å². The molecule has 4 heteroatoms. The summed E-state index contributed by atoms with van der Waals surface area (Å²) in [5.41, 5.74) is 3.53. The van der Waals surface area contributed by atoms with Gasteiger partial charge < -0.3 is 9.80 Å². The second kappa shape index (κ2) is 7.68. The van der Waals surface area contributed by atoms with Crippen molar-refractivity contribution in [1.29, 1.82) is 0 Å². The fourth-order valence-electron chi connectivity index (χ4n) is 3.60. The monoisotopic (exact) mass is 337 g/mol. The Morgan fingerprint density at radius 2 is 2.12 bits per heavy atom. The van der Waals surface area contributed by atoms with Gasteiger partial charge in [-0.1, -0.05) is 25.1 Å². The number of amides is 1. The van der Waals surface area contributed by atoms with Gasteiger partial charge >= 0.3 is 0 Å². The van der Waals surface area contributed by atoms with Crippen LogP contribution in [-0.2, 0) is 11.2 Å². The molecule has 132 valence electrons. The van der Waals surface area contributed by atoms with E-state index in [1.807, 2.05) is 26.4 Å². The SMILES string of the molecule is C[C@H]1C[C@H](c2cccnc2)N(C(=O)CCc2cccc(N(C)C)c2)C1. The van der Waals surface area contributed by atoms with Crippen molar-refractivity contribution < 1.29 is 4.79 Å². The van der Waals surface area contributed by atoms with Crippen LogP contribution in [0.3, 0.4) is 0 Å². The van der Waals surface area contributed by atoms with E-state index in [-0.39, 0.29) is 11.9 Å². The maximum Gasteiger partial charge on any atom is 0.223 e. The Morgan fingerprint density at radius 1 is 1.28 bits per heavy atom. The summed E-state index contributed by atoms with van der Waals surface area (Å²) in [5, 5.41) is 0. The van der Waals surface area contributed by atoms with Crippen LogP contribution >= 0.6 is 0 Å². The van der Waals surface area contributed by atoms with E-state index in [0.29, 0.717) is 12.3 Å². The first kappa shape index (κ1) is 17.5. The van der Waals surface area contributed by atoms with Crippen molar-refractivity contribution in [3.8, 4) is 0 Å². The third kappa shape index (κ3) is 4.19. The van der Waals surface area contributed by atoms with Gasteiger partial charge in [0, 0.05) is 45.1 Å². The Hall–Kier alpha value is -2.36. The molecule has 2 heterocycles. The summed E-state index contributed by atoms with van der Waals surface area (Å²) in [6, 6.07) is 12.6. The van der Waals surface area contributed by atoms with Gasteiger partial charge in [0.05, 0.1) is 6.04 Å². The molecule has 2 aromatic rings. The van der Waals surface area contributed by atoms with Gasteiger partial charge in [-0.3, -0.25) is 9.78 Å². The molecule has 0 N–H and O–H groups in total. The van der Waals surface area contributed by atoms with Crippen molar-refractivity contribution in [2.75, 3.05) is 25.5 Å². The van der Waals surface area contributed by atoms with Crippen molar-refractivity contribution in [3.05, 3.63) is 59.9 Å². The minimum atomic E-state index is 0.171. The predicted molar refractivity (Wildman–Crippen MR) is 102 cm³/mol. The molecule has 4 nitrogen and oxygen atoms in total. The summed E-state index contributed by atoms with van der Waals surface area (Å²) >= 11 is 0. The largest absolute Gasteiger partial charge is 0.378 e. The average molecular weight is 337 g/mol. The lowest BCUT2D eigenvalue weighted by Crippen LogP contribution is -2.31. The molecule has 0 aliphatic carbocycles. The van der Waals surface area contributed by atoms with Crippen molar-refractivity contribution in [3.63, 3.8) is 0 Å². The van der Waals surface area contributed by atoms with Gasteiger partial charge in [-0.05, 0) is 48.1 Å². The molecule has 0 radical (unpaired) electrons. The summed E-state index contributed by atoms with van der Waals surface area (Å²) in [7, 11) is 4.07. The van der Waals surface area contributed by atoms with Gasteiger partial charge in [-0.15, -0.1) is 0 Å². The number of anilines is 1. The van der Waals surface area contributed by atoms with Crippen LogP contribution in [0.15, 0.2) is 48.8 Å². The van der Waals surface area contributed by atoms with E-state index in [4.69, 9.17) is 0 Å². The van der Waals surface area contributed by atoms with Crippen LogP contribution in [0.4, 0.5) is 5.69 Å². The fraction of sp³-hybridized carbons (Fsp3) is 0.429. The standard InChI is InChI=1S/C21H27N3O/c1-16-12-20(18-7-5-11-22-14-18)24(15-16)21(25)10-9-17-6-4-8-19(13-17)23(2)3/h4-8,11,13-14,16,20H,9-10,12,15H2,1-3H3/t16-,20+/m0/s1. The quantitative estimate of drug-likeness (QED) is 0.835. The molecule has 1 saturated heterocycles. The molecule has 1 aromatic carbocycles. The number of rotatable bonds is 5. The number of nitrogens with zero attached hydrogens (tertiary/aromatic N) is 3.